The Morgan fingerprint density at radius 1 is 1.59 bits per heavy atom. The molecular formula is C13H15ClINO. The molecule has 2 rings (SSSR count). The number of halogens is 2. The van der Waals surface area contributed by atoms with E-state index >= 15 is 0 Å². The van der Waals surface area contributed by atoms with Crippen molar-refractivity contribution in [3.8, 4) is 0 Å². The van der Waals surface area contributed by atoms with Crippen molar-refractivity contribution in [3.63, 3.8) is 0 Å². The van der Waals surface area contributed by atoms with Gasteiger partial charge in [-0.05, 0) is 60.1 Å². The van der Waals surface area contributed by atoms with E-state index in [-0.39, 0.29) is 5.91 Å². The van der Waals surface area contributed by atoms with E-state index in [0.29, 0.717) is 16.6 Å². The van der Waals surface area contributed by atoms with Crippen LogP contribution in [0.25, 0.3) is 0 Å². The topological polar surface area (TPSA) is 20.3 Å². The van der Waals surface area contributed by atoms with Crippen LogP contribution in [0.5, 0.6) is 0 Å². The third kappa shape index (κ3) is 2.76. The molecule has 2 nitrogen and oxygen atoms in total. The Hall–Kier alpha value is -0.290. The van der Waals surface area contributed by atoms with Crippen molar-refractivity contribution in [2.24, 2.45) is 0 Å². The summed E-state index contributed by atoms with van der Waals surface area (Å²) in [7, 11) is 0. The van der Waals surface area contributed by atoms with Crippen LogP contribution in [-0.4, -0.2) is 23.4 Å². The van der Waals surface area contributed by atoms with E-state index in [9.17, 15) is 4.79 Å². The maximum absolute atomic E-state index is 12.3. The van der Waals surface area contributed by atoms with E-state index in [0.717, 1.165) is 29.4 Å². The standard InChI is InChI=1S/C13H15ClINO/c1-2-10-4-3-7-16(10)13(17)9-5-6-12(15)11(14)8-9/h5-6,8,10H,2-4,7H2,1H3. The van der Waals surface area contributed by atoms with Gasteiger partial charge in [-0.1, -0.05) is 18.5 Å². The Kier molecular flexibility index (Phi) is 4.31. The average Bonchev–Trinajstić information content (AvgIpc) is 2.80. The van der Waals surface area contributed by atoms with Crippen LogP contribution in [0, 0.1) is 3.57 Å². The van der Waals surface area contributed by atoms with Gasteiger partial charge in [-0.3, -0.25) is 4.79 Å². The number of rotatable bonds is 2. The predicted octanol–water partition coefficient (Wildman–Crippen LogP) is 3.96. The molecule has 0 spiro atoms. The summed E-state index contributed by atoms with van der Waals surface area (Å²) in [4.78, 5) is 14.3. The van der Waals surface area contributed by atoms with Crippen molar-refractivity contribution >= 4 is 40.1 Å². The summed E-state index contributed by atoms with van der Waals surface area (Å²) in [6.45, 7) is 3.01. The largest absolute Gasteiger partial charge is 0.336 e. The van der Waals surface area contributed by atoms with Gasteiger partial charge in [0.15, 0.2) is 0 Å². The molecule has 1 fully saturated rings. The van der Waals surface area contributed by atoms with Gasteiger partial charge in [0.1, 0.15) is 0 Å². The summed E-state index contributed by atoms with van der Waals surface area (Å²) < 4.78 is 0.981. The van der Waals surface area contributed by atoms with Crippen LogP contribution in [0.1, 0.15) is 36.5 Å². The number of likely N-dealkylation sites (tertiary alicyclic amines) is 1. The Morgan fingerprint density at radius 2 is 2.35 bits per heavy atom. The molecule has 0 aromatic heterocycles. The fraction of sp³-hybridized carbons (Fsp3) is 0.462. The van der Waals surface area contributed by atoms with Gasteiger partial charge in [-0.25, -0.2) is 0 Å². The monoisotopic (exact) mass is 363 g/mol. The zero-order valence-corrected chi connectivity index (χ0v) is 12.7. The fourth-order valence-electron chi connectivity index (χ4n) is 2.32. The summed E-state index contributed by atoms with van der Waals surface area (Å²) in [6, 6.07) is 5.94. The summed E-state index contributed by atoms with van der Waals surface area (Å²) in [5.41, 5.74) is 0.704. The zero-order chi connectivity index (χ0) is 12.4. The van der Waals surface area contributed by atoms with Crippen LogP contribution in [0.15, 0.2) is 18.2 Å². The number of amides is 1. The molecule has 0 aliphatic carbocycles. The number of nitrogens with zero attached hydrogens (tertiary/aromatic N) is 1. The van der Waals surface area contributed by atoms with E-state index in [4.69, 9.17) is 11.6 Å². The summed E-state index contributed by atoms with van der Waals surface area (Å²) in [5, 5.41) is 0.656. The van der Waals surface area contributed by atoms with Gasteiger partial charge in [0.25, 0.3) is 5.91 Å². The number of carbonyl (C=O) groups is 1. The van der Waals surface area contributed by atoms with Crippen molar-refractivity contribution in [3.05, 3.63) is 32.4 Å². The lowest BCUT2D eigenvalue weighted by Crippen LogP contribution is -2.35. The SMILES string of the molecule is CCC1CCCN1C(=O)c1ccc(I)c(Cl)c1. The van der Waals surface area contributed by atoms with Crippen LogP contribution in [0.3, 0.4) is 0 Å². The van der Waals surface area contributed by atoms with Gasteiger partial charge in [-0.15, -0.1) is 0 Å². The predicted molar refractivity (Wildman–Crippen MR) is 78.5 cm³/mol. The van der Waals surface area contributed by atoms with Gasteiger partial charge in [-0.2, -0.15) is 0 Å². The molecule has 1 aliphatic heterocycles. The highest BCUT2D eigenvalue weighted by atomic mass is 127. The smallest absolute Gasteiger partial charge is 0.254 e. The Labute approximate surface area is 120 Å². The van der Waals surface area contributed by atoms with Crippen LogP contribution in [0.2, 0.25) is 5.02 Å². The molecule has 1 unspecified atom stereocenters. The minimum Gasteiger partial charge on any atom is -0.336 e. The first-order valence-corrected chi connectivity index (χ1v) is 7.35. The molecule has 1 atom stereocenters. The molecule has 0 saturated carbocycles. The molecule has 1 aromatic rings. The van der Waals surface area contributed by atoms with Crippen LogP contribution in [0.4, 0.5) is 0 Å². The Bertz CT molecular complexity index is 435. The first-order valence-electron chi connectivity index (χ1n) is 5.89. The van der Waals surface area contributed by atoms with E-state index in [1.54, 1.807) is 6.07 Å². The van der Waals surface area contributed by atoms with Crippen molar-refractivity contribution < 1.29 is 4.79 Å². The van der Waals surface area contributed by atoms with E-state index < -0.39 is 0 Å². The van der Waals surface area contributed by atoms with Gasteiger partial charge in [0.2, 0.25) is 0 Å². The maximum atomic E-state index is 12.3. The first kappa shape index (κ1) is 13.1. The molecular weight excluding hydrogens is 349 g/mol. The van der Waals surface area contributed by atoms with E-state index in [2.05, 4.69) is 29.5 Å². The molecule has 92 valence electrons. The van der Waals surface area contributed by atoms with E-state index in [1.165, 1.54) is 0 Å². The first-order chi connectivity index (χ1) is 8.13. The number of hydrogen-bond acceptors (Lipinski definition) is 1. The molecule has 1 aromatic carbocycles. The van der Waals surface area contributed by atoms with Crippen molar-refractivity contribution in [1.82, 2.24) is 4.90 Å². The molecule has 0 N–H and O–H groups in total. The van der Waals surface area contributed by atoms with Gasteiger partial charge in [0, 0.05) is 21.7 Å². The Morgan fingerprint density at radius 3 is 3.00 bits per heavy atom. The molecule has 4 heteroatoms. The summed E-state index contributed by atoms with van der Waals surface area (Å²) in [6.07, 6.45) is 3.27. The average molecular weight is 364 g/mol. The van der Waals surface area contributed by atoms with Crippen LogP contribution >= 0.6 is 34.2 Å². The lowest BCUT2D eigenvalue weighted by Gasteiger charge is -2.23. The lowest BCUT2D eigenvalue weighted by atomic mass is 10.1. The van der Waals surface area contributed by atoms with Crippen molar-refractivity contribution in [1.29, 1.82) is 0 Å². The van der Waals surface area contributed by atoms with Crippen LogP contribution < -0.4 is 0 Å². The summed E-state index contributed by atoms with van der Waals surface area (Å²) in [5.74, 6) is 0.118. The highest BCUT2D eigenvalue weighted by Gasteiger charge is 2.28. The second-order valence-electron chi connectivity index (χ2n) is 4.33. The van der Waals surface area contributed by atoms with Gasteiger partial charge < -0.3 is 4.90 Å². The number of carbonyl (C=O) groups excluding carboxylic acids is 1. The second-order valence-corrected chi connectivity index (χ2v) is 5.90. The van der Waals surface area contributed by atoms with Gasteiger partial charge in [0.05, 0.1) is 5.02 Å². The molecule has 1 aliphatic rings. The van der Waals surface area contributed by atoms with Crippen LogP contribution in [-0.2, 0) is 0 Å². The van der Waals surface area contributed by atoms with Gasteiger partial charge >= 0.3 is 0 Å². The number of benzene rings is 1. The second kappa shape index (κ2) is 5.57. The third-order valence-electron chi connectivity index (χ3n) is 3.28. The molecule has 17 heavy (non-hydrogen) atoms. The molecule has 0 radical (unpaired) electrons. The zero-order valence-electron chi connectivity index (χ0n) is 9.75. The highest BCUT2D eigenvalue weighted by Crippen LogP contribution is 2.25. The normalized spacial score (nSPS) is 19.7. The minimum absolute atomic E-state index is 0.118. The molecule has 1 saturated heterocycles. The Balaban J connectivity index is 2.21. The van der Waals surface area contributed by atoms with Crippen molar-refractivity contribution in [2.45, 2.75) is 32.2 Å². The third-order valence-corrected chi connectivity index (χ3v) is 4.85. The summed E-state index contributed by atoms with van der Waals surface area (Å²) >= 11 is 8.22. The number of hydrogen-bond donors (Lipinski definition) is 0. The molecule has 0 bridgehead atoms. The molecule has 1 heterocycles. The fourth-order valence-corrected chi connectivity index (χ4v) is 2.84. The van der Waals surface area contributed by atoms with Crippen molar-refractivity contribution in [2.75, 3.05) is 6.54 Å². The minimum atomic E-state index is 0.118. The molecule has 1 amide bonds. The maximum Gasteiger partial charge on any atom is 0.254 e. The highest BCUT2D eigenvalue weighted by molar-refractivity contribution is 14.1. The quantitative estimate of drug-likeness (QED) is 0.728. The van der Waals surface area contributed by atoms with E-state index in [1.807, 2.05) is 17.0 Å². The lowest BCUT2D eigenvalue weighted by molar-refractivity contribution is 0.0733.